The number of nitrogens with zero attached hydrogens (tertiary/aromatic N) is 3. The zero-order chi connectivity index (χ0) is 14.8. The van der Waals surface area contributed by atoms with Gasteiger partial charge >= 0.3 is 5.69 Å². The molecule has 2 unspecified atom stereocenters. The molecule has 0 saturated carbocycles. The summed E-state index contributed by atoms with van der Waals surface area (Å²) in [4.78, 5) is 13.3. The summed E-state index contributed by atoms with van der Waals surface area (Å²) in [6.45, 7) is 2.23. The van der Waals surface area contributed by atoms with E-state index in [0.717, 1.165) is 19.4 Å². The standard InChI is InChI=1S/C15H18N4O2/c16-10-11-3-1-5-14(15(11)19(20)21)17-12-6-8-18-7-2-4-13(18)9-12/h1,3,5,12-13,17H,2,4,6-9H2. The molecule has 0 amide bonds. The fourth-order valence-corrected chi connectivity index (χ4v) is 3.52. The van der Waals surface area contributed by atoms with Crippen molar-refractivity contribution in [3.63, 3.8) is 0 Å². The second kappa shape index (κ2) is 5.70. The van der Waals surface area contributed by atoms with E-state index in [0.29, 0.717) is 11.7 Å². The van der Waals surface area contributed by atoms with Crippen LogP contribution in [0.15, 0.2) is 18.2 Å². The van der Waals surface area contributed by atoms with Gasteiger partial charge < -0.3 is 10.2 Å². The monoisotopic (exact) mass is 286 g/mol. The van der Waals surface area contributed by atoms with Crippen molar-refractivity contribution >= 4 is 11.4 Å². The largest absolute Gasteiger partial charge is 0.377 e. The number of benzene rings is 1. The number of nitriles is 1. The first kappa shape index (κ1) is 13.8. The highest BCUT2D eigenvalue weighted by Gasteiger charge is 2.32. The summed E-state index contributed by atoms with van der Waals surface area (Å²) in [6.07, 6.45) is 4.48. The quantitative estimate of drug-likeness (QED) is 0.682. The van der Waals surface area contributed by atoms with Crippen molar-refractivity contribution in [2.24, 2.45) is 0 Å². The lowest BCUT2D eigenvalue weighted by Crippen LogP contribution is -2.42. The Morgan fingerprint density at radius 3 is 3.00 bits per heavy atom. The maximum absolute atomic E-state index is 11.2. The molecule has 2 aliphatic rings. The predicted molar refractivity (Wildman–Crippen MR) is 79.1 cm³/mol. The molecule has 2 aliphatic heterocycles. The molecule has 1 aromatic rings. The van der Waals surface area contributed by atoms with Gasteiger partial charge in [-0.1, -0.05) is 6.07 Å². The highest BCUT2D eigenvalue weighted by molar-refractivity contribution is 5.68. The fraction of sp³-hybridized carbons (Fsp3) is 0.533. The number of piperidine rings is 1. The summed E-state index contributed by atoms with van der Waals surface area (Å²) in [5.74, 6) is 0. The molecule has 2 atom stereocenters. The Balaban J connectivity index is 1.79. The van der Waals surface area contributed by atoms with E-state index in [1.807, 2.05) is 6.07 Å². The lowest BCUT2D eigenvalue weighted by Gasteiger charge is -2.35. The number of hydrogen-bond donors (Lipinski definition) is 1. The average molecular weight is 286 g/mol. The molecule has 2 heterocycles. The molecule has 1 aromatic carbocycles. The predicted octanol–water partition coefficient (Wildman–Crippen LogP) is 2.51. The third-order valence-corrected chi connectivity index (χ3v) is 4.52. The first-order chi connectivity index (χ1) is 10.2. The third kappa shape index (κ3) is 2.69. The van der Waals surface area contributed by atoms with E-state index in [1.165, 1.54) is 25.5 Å². The maximum atomic E-state index is 11.2. The summed E-state index contributed by atoms with van der Waals surface area (Å²) >= 11 is 0. The van der Waals surface area contributed by atoms with E-state index in [4.69, 9.17) is 5.26 Å². The lowest BCUT2D eigenvalue weighted by molar-refractivity contribution is -0.384. The highest BCUT2D eigenvalue weighted by Crippen LogP contribution is 2.32. The van der Waals surface area contributed by atoms with E-state index in [2.05, 4.69) is 10.2 Å². The summed E-state index contributed by atoms with van der Waals surface area (Å²) < 4.78 is 0. The topological polar surface area (TPSA) is 82.2 Å². The van der Waals surface area contributed by atoms with E-state index < -0.39 is 4.92 Å². The van der Waals surface area contributed by atoms with Crippen molar-refractivity contribution in [2.75, 3.05) is 18.4 Å². The van der Waals surface area contributed by atoms with E-state index in [9.17, 15) is 10.1 Å². The van der Waals surface area contributed by atoms with Crippen LogP contribution in [0.5, 0.6) is 0 Å². The lowest BCUT2D eigenvalue weighted by atomic mass is 9.97. The van der Waals surface area contributed by atoms with E-state index in [-0.39, 0.29) is 17.3 Å². The first-order valence-electron chi connectivity index (χ1n) is 7.37. The number of nitro groups is 1. The fourth-order valence-electron chi connectivity index (χ4n) is 3.52. The normalized spacial score (nSPS) is 25.1. The number of nitro benzene ring substituents is 1. The van der Waals surface area contributed by atoms with Gasteiger partial charge in [-0.15, -0.1) is 0 Å². The Hall–Kier alpha value is -2.13. The Labute approximate surface area is 123 Å². The number of hydrogen-bond acceptors (Lipinski definition) is 5. The minimum absolute atomic E-state index is 0.103. The Kier molecular flexibility index (Phi) is 3.76. The minimum Gasteiger partial charge on any atom is -0.377 e. The summed E-state index contributed by atoms with van der Waals surface area (Å²) in [6, 6.07) is 7.63. The molecule has 0 radical (unpaired) electrons. The summed E-state index contributed by atoms with van der Waals surface area (Å²) in [7, 11) is 0. The van der Waals surface area contributed by atoms with Crippen LogP contribution in [0, 0.1) is 21.4 Å². The van der Waals surface area contributed by atoms with Crippen LogP contribution >= 0.6 is 0 Å². The molecule has 2 saturated heterocycles. The number of rotatable bonds is 3. The van der Waals surface area contributed by atoms with Crippen LogP contribution in [0.25, 0.3) is 0 Å². The van der Waals surface area contributed by atoms with Crippen LogP contribution in [0.2, 0.25) is 0 Å². The van der Waals surface area contributed by atoms with Gasteiger partial charge in [-0.05, 0) is 44.4 Å². The molecular formula is C15H18N4O2. The molecule has 0 aromatic heterocycles. The van der Waals surface area contributed by atoms with Crippen LogP contribution in [-0.2, 0) is 0 Å². The molecule has 6 nitrogen and oxygen atoms in total. The molecule has 6 heteroatoms. The molecule has 3 rings (SSSR count). The zero-order valence-corrected chi connectivity index (χ0v) is 11.8. The van der Waals surface area contributed by atoms with Crippen molar-refractivity contribution in [3.05, 3.63) is 33.9 Å². The van der Waals surface area contributed by atoms with Gasteiger partial charge in [0, 0.05) is 18.6 Å². The van der Waals surface area contributed by atoms with Crippen molar-refractivity contribution in [2.45, 2.75) is 37.8 Å². The van der Waals surface area contributed by atoms with Gasteiger partial charge in [0.05, 0.1) is 4.92 Å². The van der Waals surface area contributed by atoms with Crippen LogP contribution in [0.3, 0.4) is 0 Å². The molecule has 21 heavy (non-hydrogen) atoms. The van der Waals surface area contributed by atoms with Crippen LogP contribution < -0.4 is 5.32 Å². The molecule has 0 spiro atoms. The zero-order valence-electron chi connectivity index (χ0n) is 11.8. The van der Waals surface area contributed by atoms with Crippen molar-refractivity contribution < 1.29 is 4.92 Å². The van der Waals surface area contributed by atoms with Gasteiger partial charge in [0.15, 0.2) is 0 Å². The highest BCUT2D eigenvalue weighted by atomic mass is 16.6. The van der Waals surface area contributed by atoms with Gasteiger partial charge in [0.1, 0.15) is 17.3 Å². The van der Waals surface area contributed by atoms with Crippen LogP contribution in [0.1, 0.15) is 31.2 Å². The van der Waals surface area contributed by atoms with Gasteiger partial charge in [0.25, 0.3) is 0 Å². The van der Waals surface area contributed by atoms with E-state index in [1.54, 1.807) is 12.1 Å². The Morgan fingerprint density at radius 1 is 1.38 bits per heavy atom. The second-order valence-corrected chi connectivity index (χ2v) is 5.77. The molecule has 2 fully saturated rings. The third-order valence-electron chi connectivity index (χ3n) is 4.52. The molecule has 0 aliphatic carbocycles. The molecular weight excluding hydrogens is 268 g/mol. The number of anilines is 1. The number of nitrogens with one attached hydrogen (secondary N) is 1. The summed E-state index contributed by atoms with van der Waals surface area (Å²) in [5, 5.41) is 23.6. The van der Waals surface area contributed by atoms with Gasteiger partial charge in [-0.3, -0.25) is 10.1 Å². The smallest absolute Gasteiger partial charge is 0.309 e. The van der Waals surface area contributed by atoms with Crippen LogP contribution in [-0.4, -0.2) is 35.0 Å². The van der Waals surface area contributed by atoms with Gasteiger partial charge in [-0.2, -0.15) is 5.26 Å². The van der Waals surface area contributed by atoms with Gasteiger partial charge in [0.2, 0.25) is 0 Å². The maximum Gasteiger partial charge on any atom is 0.309 e. The molecule has 0 bridgehead atoms. The first-order valence-corrected chi connectivity index (χ1v) is 7.37. The molecule has 1 N–H and O–H groups in total. The Bertz CT molecular complexity index is 596. The van der Waals surface area contributed by atoms with Gasteiger partial charge in [-0.25, -0.2) is 0 Å². The van der Waals surface area contributed by atoms with E-state index >= 15 is 0 Å². The minimum atomic E-state index is -0.467. The van der Waals surface area contributed by atoms with Crippen LogP contribution in [0.4, 0.5) is 11.4 Å². The average Bonchev–Trinajstić information content (AvgIpc) is 2.94. The second-order valence-electron chi connectivity index (χ2n) is 5.77. The number of fused-ring (bicyclic) bond motifs is 1. The van der Waals surface area contributed by atoms with Crippen molar-refractivity contribution in [3.8, 4) is 6.07 Å². The summed E-state index contributed by atoms with van der Waals surface area (Å²) in [5.41, 5.74) is 0.479. The molecule has 110 valence electrons. The Morgan fingerprint density at radius 2 is 2.24 bits per heavy atom. The van der Waals surface area contributed by atoms with Crippen molar-refractivity contribution in [1.82, 2.24) is 4.90 Å². The number of para-hydroxylation sites is 1. The van der Waals surface area contributed by atoms with Crippen molar-refractivity contribution in [1.29, 1.82) is 5.26 Å². The SMILES string of the molecule is N#Cc1cccc(NC2CCN3CCCC3C2)c1[N+](=O)[O-].